The Labute approximate surface area is 138 Å². The maximum absolute atomic E-state index is 11.1. The first-order valence-electron chi connectivity index (χ1n) is 7.10. The zero-order valence-electron chi connectivity index (χ0n) is 12.7. The Morgan fingerprint density at radius 1 is 1.26 bits per heavy atom. The van der Waals surface area contributed by atoms with Crippen molar-refractivity contribution in [2.75, 3.05) is 0 Å². The Bertz CT molecular complexity index is 871. The van der Waals surface area contributed by atoms with Gasteiger partial charge in [0, 0.05) is 10.6 Å². The molecule has 1 heterocycles. The van der Waals surface area contributed by atoms with Gasteiger partial charge in [-0.25, -0.2) is 9.78 Å². The Hall–Kier alpha value is -2.53. The molecular formula is C17H15ClN2O3. The van der Waals surface area contributed by atoms with Crippen LogP contribution in [-0.4, -0.2) is 26.9 Å². The van der Waals surface area contributed by atoms with Crippen LogP contribution in [0.25, 0.3) is 22.4 Å². The van der Waals surface area contributed by atoms with E-state index in [0.29, 0.717) is 21.9 Å². The number of fused-ring (bicyclic) bond motifs is 1. The first-order chi connectivity index (χ1) is 11.0. The van der Waals surface area contributed by atoms with Crippen LogP contribution < -0.4 is 4.84 Å². The van der Waals surface area contributed by atoms with Crippen LogP contribution in [0.5, 0.6) is 0 Å². The minimum atomic E-state index is -1.05. The second-order valence-electron chi connectivity index (χ2n) is 5.31. The highest BCUT2D eigenvalue weighted by Gasteiger charge is 2.19. The first-order valence-corrected chi connectivity index (χ1v) is 7.48. The fourth-order valence-electron chi connectivity index (χ4n) is 2.22. The average Bonchev–Trinajstić information content (AvgIpc) is 2.86. The van der Waals surface area contributed by atoms with E-state index in [1.54, 1.807) is 18.2 Å². The van der Waals surface area contributed by atoms with Gasteiger partial charge < -0.3 is 9.94 Å². The van der Waals surface area contributed by atoms with Crippen molar-refractivity contribution in [2.45, 2.75) is 20.0 Å². The van der Waals surface area contributed by atoms with E-state index in [9.17, 15) is 4.79 Å². The van der Waals surface area contributed by atoms with Crippen molar-refractivity contribution in [1.82, 2.24) is 9.71 Å². The quantitative estimate of drug-likeness (QED) is 0.794. The second-order valence-corrected chi connectivity index (χ2v) is 5.75. The number of aryl methyl sites for hydroxylation is 1. The maximum atomic E-state index is 11.1. The molecule has 1 atom stereocenters. The molecule has 2 aromatic carbocycles. The summed E-state index contributed by atoms with van der Waals surface area (Å²) in [5, 5.41) is 9.65. The lowest BCUT2D eigenvalue weighted by Gasteiger charge is -2.14. The Kier molecular flexibility index (Phi) is 3.96. The summed E-state index contributed by atoms with van der Waals surface area (Å²) in [5.74, 6) is -0.515. The van der Waals surface area contributed by atoms with Crippen LogP contribution >= 0.6 is 11.6 Å². The van der Waals surface area contributed by atoms with Crippen LogP contribution in [0.3, 0.4) is 0 Å². The summed E-state index contributed by atoms with van der Waals surface area (Å²) in [6, 6.07) is 13.0. The molecule has 0 radical (unpaired) electrons. The van der Waals surface area contributed by atoms with Gasteiger partial charge in [0.25, 0.3) is 0 Å². The van der Waals surface area contributed by atoms with Crippen molar-refractivity contribution in [3.05, 3.63) is 53.1 Å². The van der Waals surface area contributed by atoms with E-state index in [4.69, 9.17) is 21.5 Å². The SMILES string of the molecule is Cc1ccc(-c2nc3ccc(Cl)cc3n2O[C@@H](C)C(=O)O)cc1. The molecule has 118 valence electrons. The number of hydrogen-bond acceptors (Lipinski definition) is 3. The second kappa shape index (κ2) is 5.93. The third kappa shape index (κ3) is 3.00. The number of rotatable bonds is 4. The van der Waals surface area contributed by atoms with Gasteiger partial charge in [-0.15, -0.1) is 0 Å². The van der Waals surface area contributed by atoms with E-state index in [2.05, 4.69) is 4.98 Å². The smallest absolute Gasteiger partial charge is 0.347 e. The Morgan fingerprint density at radius 3 is 2.61 bits per heavy atom. The van der Waals surface area contributed by atoms with E-state index >= 15 is 0 Å². The summed E-state index contributed by atoms with van der Waals surface area (Å²) in [6.45, 7) is 3.47. The van der Waals surface area contributed by atoms with Gasteiger partial charge >= 0.3 is 5.97 Å². The summed E-state index contributed by atoms with van der Waals surface area (Å²) < 4.78 is 1.44. The van der Waals surface area contributed by atoms with Gasteiger partial charge in [0.15, 0.2) is 5.82 Å². The fourth-order valence-corrected chi connectivity index (χ4v) is 2.39. The molecule has 5 nitrogen and oxygen atoms in total. The van der Waals surface area contributed by atoms with Gasteiger partial charge in [0.1, 0.15) is 5.52 Å². The predicted molar refractivity (Wildman–Crippen MR) is 88.6 cm³/mol. The zero-order chi connectivity index (χ0) is 16.6. The van der Waals surface area contributed by atoms with Crippen molar-refractivity contribution in [3.8, 4) is 11.4 Å². The highest BCUT2D eigenvalue weighted by atomic mass is 35.5. The van der Waals surface area contributed by atoms with Gasteiger partial charge in [-0.05, 0) is 32.0 Å². The molecule has 6 heteroatoms. The molecule has 3 rings (SSSR count). The van der Waals surface area contributed by atoms with Crippen molar-refractivity contribution in [3.63, 3.8) is 0 Å². The van der Waals surface area contributed by atoms with Gasteiger partial charge in [-0.2, -0.15) is 4.73 Å². The number of halogens is 1. The number of carboxylic acids is 1. The molecule has 23 heavy (non-hydrogen) atoms. The number of imidazole rings is 1. The number of nitrogens with zero attached hydrogens (tertiary/aromatic N) is 2. The molecule has 0 spiro atoms. The summed E-state index contributed by atoms with van der Waals surface area (Å²) in [4.78, 5) is 21.3. The third-order valence-electron chi connectivity index (χ3n) is 3.50. The molecule has 0 bridgehead atoms. The standard InChI is InChI=1S/C17H15ClN2O3/c1-10-3-5-12(6-4-10)16-19-14-8-7-13(18)9-15(14)20(16)23-11(2)17(21)22/h3-9,11H,1-2H3,(H,21,22)/t11-/m0/s1. The monoisotopic (exact) mass is 330 g/mol. The lowest BCUT2D eigenvalue weighted by atomic mass is 10.1. The summed E-state index contributed by atoms with van der Waals surface area (Å²) in [5.41, 5.74) is 3.27. The predicted octanol–water partition coefficient (Wildman–Crippen LogP) is 3.57. The molecule has 1 aromatic heterocycles. The third-order valence-corrected chi connectivity index (χ3v) is 3.73. The van der Waals surface area contributed by atoms with Gasteiger partial charge in [-0.3, -0.25) is 0 Å². The molecule has 0 aliphatic rings. The number of aliphatic carboxylic acids is 1. The Balaban J connectivity index is 2.19. The Morgan fingerprint density at radius 2 is 1.96 bits per heavy atom. The summed E-state index contributed by atoms with van der Waals surface area (Å²) in [6.07, 6.45) is -1.02. The van der Waals surface area contributed by atoms with E-state index in [1.807, 2.05) is 31.2 Å². The van der Waals surface area contributed by atoms with Crippen LogP contribution in [-0.2, 0) is 4.79 Å². The number of aromatic nitrogens is 2. The van der Waals surface area contributed by atoms with Crippen LogP contribution in [0.4, 0.5) is 0 Å². The van der Waals surface area contributed by atoms with E-state index < -0.39 is 12.1 Å². The van der Waals surface area contributed by atoms with Crippen LogP contribution in [0.2, 0.25) is 5.02 Å². The molecule has 0 aliphatic heterocycles. The van der Waals surface area contributed by atoms with Crippen LogP contribution in [0.15, 0.2) is 42.5 Å². The van der Waals surface area contributed by atoms with Gasteiger partial charge in [0.05, 0.1) is 5.52 Å². The van der Waals surface area contributed by atoms with E-state index in [1.165, 1.54) is 11.7 Å². The topological polar surface area (TPSA) is 64.4 Å². The lowest BCUT2D eigenvalue weighted by molar-refractivity contribution is -0.148. The molecule has 0 unspecified atom stereocenters. The van der Waals surface area contributed by atoms with Crippen molar-refractivity contribution in [1.29, 1.82) is 0 Å². The largest absolute Gasteiger partial charge is 0.478 e. The molecule has 0 aliphatic carbocycles. The molecular weight excluding hydrogens is 316 g/mol. The maximum Gasteiger partial charge on any atom is 0.347 e. The normalized spacial score (nSPS) is 12.3. The van der Waals surface area contributed by atoms with Crippen molar-refractivity contribution < 1.29 is 14.7 Å². The summed E-state index contributed by atoms with van der Waals surface area (Å²) >= 11 is 6.05. The summed E-state index contributed by atoms with van der Waals surface area (Å²) in [7, 11) is 0. The molecule has 0 saturated carbocycles. The lowest BCUT2D eigenvalue weighted by Crippen LogP contribution is -2.30. The van der Waals surface area contributed by atoms with Gasteiger partial charge in [-0.1, -0.05) is 41.4 Å². The minimum absolute atomic E-state index is 0.528. The average molecular weight is 331 g/mol. The molecule has 0 fully saturated rings. The van der Waals surface area contributed by atoms with Gasteiger partial charge in [0.2, 0.25) is 6.10 Å². The van der Waals surface area contributed by atoms with E-state index in [-0.39, 0.29) is 0 Å². The minimum Gasteiger partial charge on any atom is -0.478 e. The zero-order valence-corrected chi connectivity index (χ0v) is 13.4. The van der Waals surface area contributed by atoms with Crippen LogP contribution in [0.1, 0.15) is 12.5 Å². The first kappa shape index (κ1) is 15.4. The molecule has 0 saturated heterocycles. The molecule has 0 amide bonds. The molecule has 3 aromatic rings. The molecule has 1 N–H and O–H groups in total. The number of benzene rings is 2. The van der Waals surface area contributed by atoms with Crippen molar-refractivity contribution >= 4 is 28.6 Å². The fraction of sp³-hybridized carbons (Fsp3) is 0.176. The van der Waals surface area contributed by atoms with E-state index in [0.717, 1.165) is 11.1 Å². The highest BCUT2D eigenvalue weighted by molar-refractivity contribution is 6.31. The highest BCUT2D eigenvalue weighted by Crippen LogP contribution is 2.26. The van der Waals surface area contributed by atoms with Crippen molar-refractivity contribution in [2.24, 2.45) is 0 Å². The number of carbonyl (C=O) groups is 1. The number of hydrogen-bond donors (Lipinski definition) is 1. The number of carboxylic acid groups (broad SMARTS) is 1. The van der Waals surface area contributed by atoms with Crippen LogP contribution in [0, 0.1) is 6.92 Å².